The van der Waals surface area contributed by atoms with Gasteiger partial charge in [-0.3, -0.25) is 4.79 Å². The second-order valence-electron chi connectivity index (χ2n) is 1.73. The summed E-state index contributed by atoms with van der Waals surface area (Å²) in [7, 11) is 0. The summed E-state index contributed by atoms with van der Waals surface area (Å²) in [4.78, 5) is 19.6. The summed E-state index contributed by atoms with van der Waals surface area (Å²) in [5.74, 6) is -0.924. The van der Waals surface area contributed by atoms with Crippen LogP contribution in [0.4, 0.5) is 0 Å². The normalized spacial score (nSPS) is 11.3. The first-order valence-corrected chi connectivity index (χ1v) is 2.59. The number of carboxylic acids is 1. The van der Waals surface area contributed by atoms with E-state index < -0.39 is 12.0 Å². The van der Waals surface area contributed by atoms with E-state index in [1.54, 1.807) is 0 Å². The van der Waals surface area contributed by atoms with Crippen LogP contribution in [0.1, 0.15) is 20.3 Å². The highest BCUT2D eigenvalue weighted by molar-refractivity contribution is 5.68. The van der Waals surface area contributed by atoms with Crippen LogP contribution in [0.3, 0.4) is 0 Å². The summed E-state index contributed by atoms with van der Waals surface area (Å²) in [5.41, 5.74) is 5.09. The van der Waals surface area contributed by atoms with Gasteiger partial charge in [-0.2, -0.15) is 0 Å². The smallest absolute Gasteiger partial charge is 0.303 e. The Balaban J connectivity index is 0. The van der Waals surface area contributed by atoms with E-state index >= 15 is 0 Å². The lowest BCUT2D eigenvalue weighted by molar-refractivity contribution is -0.137. The number of aldehydes is 1. The monoisotopic (exact) mass is 147 g/mol. The third-order valence-electron chi connectivity index (χ3n) is 0.866. The second kappa shape index (κ2) is 6.22. The van der Waals surface area contributed by atoms with Crippen molar-refractivity contribution in [1.29, 1.82) is 0 Å². The summed E-state index contributed by atoms with van der Waals surface area (Å²) in [6, 6.07) is -0.624. The highest BCUT2D eigenvalue weighted by atomic mass is 16.4. The quantitative estimate of drug-likeness (QED) is 0.549. The molecule has 0 aromatic heterocycles. The van der Waals surface area contributed by atoms with Crippen molar-refractivity contribution in [1.82, 2.24) is 0 Å². The van der Waals surface area contributed by atoms with Crippen LogP contribution in [0.15, 0.2) is 0 Å². The molecule has 0 unspecified atom stereocenters. The maximum Gasteiger partial charge on any atom is 0.303 e. The van der Waals surface area contributed by atoms with Gasteiger partial charge in [0, 0.05) is 6.42 Å². The summed E-state index contributed by atoms with van der Waals surface area (Å²) < 4.78 is 0. The molecule has 0 aliphatic heterocycles. The van der Waals surface area contributed by atoms with E-state index in [-0.39, 0.29) is 20.3 Å². The van der Waals surface area contributed by atoms with Gasteiger partial charge in [0.05, 0.1) is 6.04 Å². The summed E-state index contributed by atoms with van der Waals surface area (Å²) in [6.45, 7) is 0. The van der Waals surface area contributed by atoms with Crippen LogP contribution in [-0.4, -0.2) is 23.4 Å². The molecule has 4 heteroatoms. The Kier molecular flexibility index (Phi) is 7.37. The van der Waals surface area contributed by atoms with E-state index in [0.29, 0.717) is 6.29 Å². The lowest BCUT2D eigenvalue weighted by Gasteiger charge is -1.97. The molecule has 0 aromatic rings. The van der Waals surface area contributed by atoms with E-state index in [2.05, 4.69) is 0 Å². The molecule has 4 nitrogen and oxygen atoms in total. The largest absolute Gasteiger partial charge is 0.481 e. The van der Waals surface area contributed by atoms with Crippen molar-refractivity contribution in [3.8, 4) is 0 Å². The number of carbonyl (C=O) groups excluding carboxylic acids is 1. The zero-order valence-corrected chi connectivity index (χ0v) is 4.91. The van der Waals surface area contributed by atoms with Crippen molar-refractivity contribution in [2.45, 2.75) is 26.3 Å². The van der Waals surface area contributed by atoms with Crippen LogP contribution < -0.4 is 5.73 Å². The van der Waals surface area contributed by atoms with Gasteiger partial charge in [-0.1, -0.05) is 7.43 Å². The molecule has 3 N–H and O–H groups in total. The fourth-order valence-electron chi connectivity index (χ4n) is 0.358. The van der Waals surface area contributed by atoms with Crippen molar-refractivity contribution in [3.05, 3.63) is 0 Å². The molecular formula is C6H13NO3. The molecule has 10 heavy (non-hydrogen) atoms. The fraction of sp³-hybridized carbons (Fsp3) is 0.667. The first kappa shape index (κ1) is 11.8. The molecule has 0 saturated carbocycles. The molecule has 0 radical (unpaired) electrons. The first-order chi connectivity index (χ1) is 4.16. The first-order valence-electron chi connectivity index (χ1n) is 2.59. The molecule has 0 bridgehead atoms. The van der Waals surface area contributed by atoms with Crippen LogP contribution >= 0.6 is 0 Å². The number of hydrogen-bond acceptors (Lipinski definition) is 3. The number of hydrogen-bond donors (Lipinski definition) is 2. The van der Waals surface area contributed by atoms with Gasteiger partial charge in [0.1, 0.15) is 6.29 Å². The van der Waals surface area contributed by atoms with Gasteiger partial charge in [-0.25, -0.2) is 0 Å². The fourth-order valence-corrected chi connectivity index (χ4v) is 0.358. The van der Waals surface area contributed by atoms with Gasteiger partial charge in [-0.05, 0) is 6.42 Å². The van der Waals surface area contributed by atoms with Gasteiger partial charge in [0.2, 0.25) is 0 Å². The van der Waals surface area contributed by atoms with Crippen LogP contribution in [0.5, 0.6) is 0 Å². The molecule has 0 spiro atoms. The third kappa shape index (κ3) is 7.10. The third-order valence-corrected chi connectivity index (χ3v) is 0.866. The van der Waals surface area contributed by atoms with E-state index in [1.165, 1.54) is 0 Å². The minimum Gasteiger partial charge on any atom is -0.481 e. The SMILES string of the molecule is C.N[C@H](C=O)CCC(=O)O. The summed E-state index contributed by atoms with van der Waals surface area (Å²) >= 11 is 0. The second-order valence-corrected chi connectivity index (χ2v) is 1.73. The van der Waals surface area contributed by atoms with E-state index in [0.717, 1.165) is 0 Å². The van der Waals surface area contributed by atoms with Crippen LogP contribution in [-0.2, 0) is 9.59 Å². The Morgan fingerprint density at radius 1 is 1.70 bits per heavy atom. The molecule has 0 fully saturated rings. The molecule has 0 heterocycles. The van der Waals surface area contributed by atoms with Crippen LogP contribution in [0, 0.1) is 0 Å². The number of nitrogens with two attached hydrogens (primary N) is 1. The molecule has 60 valence electrons. The zero-order valence-electron chi connectivity index (χ0n) is 4.91. The Labute approximate surface area is 60.0 Å². The highest BCUT2D eigenvalue weighted by Crippen LogP contribution is 1.90. The molecule has 0 rings (SSSR count). The number of carboxylic acid groups (broad SMARTS) is 1. The molecule has 0 aliphatic rings. The average Bonchev–Trinajstić information content (AvgIpc) is 1.83. The Morgan fingerprint density at radius 2 is 2.20 bits per heavy atom. The van der Waals surface area contributed by atoms with Gasteiger partial charge in [-0.15, -0.1) is 0 Å². The van der Waals surface area contributed by atoms with Crippen molar-refractivity contribution >= 4 is 12.3 Å². The van der Waals surface area contributed by atoms with Crippen molar-refractivity contribution in [3.63, 3.8) is 0 Å². The standard InChI is InChI=1S/C5H9NO3.CH4/c6-4(3-7)1-2-5(8)9;/h3-4H,1-2,6H2,(H,8,9);1H4/t4-;/m0./s1. The van der Waals surface area contributed by atoms with E-state index in [4.69, 9.17) is 10.8 Å². The molecule has 0 aliphatic carbocycles. The Morgan fingerprint density at radius 3 is 2.50 bits per heavy atom. The minimum atomic E-state index is -0.924. The predicted octanol–water partition coefficient (Wildman–Crippen LogP) is 0.0135. The lowest BCUT2D eigenvalue weighted by Crippen LogP contribution is -2.22. The highest BCUT2D eigenvalue weighted by Gasteiger charge is 2.02. The van der Waals surface area contributed by atoms with E-state index in [9.17, 15) is 9.59 Å². The topological polar surface area (TPSA) is 80.4 Å². The average molecular weight is 147 g/mol. The van der Waals surface area contributed by atoms with Gasteiger partial charge >= 0.3 is 5.97 Å². The van der Waals surface area contributed by atoms with Crippen molar-refractivity contribution in [2.24, 2.45) is 5.73 Å². The maximum atomic E-state index is 9.85. The predicted molar refractivity (Wildman–Crippen MR) is 37.6 cm³/mol. The van der Waals surface area contributed by atoms with Gasteiger partial charge in [0.15, 0.2) is 0 Å². The Bertz CT molecular complexity index is 114. The molecule has 0 aromatic carbocycles. The molecule has 1 atom stereocenters. The molecular weight excluding hydrogens is 134 g/mol. The van der Waals surface area contributed by atoms with Gasteiger partial charge in [0.25, 0.3) is 0 Å². The summed E-state index contributed by atoms with van der Waals surface area (Å²) in [5, 5.41) is 8.09. The van der Waals surface area contributed by atoms with Crippen molar-refractivity contribution < 1.29 is 14.7 Å². The zero-order chi connectivity index (χ0) is 7.28. The van der Waals surface area contributed by atoms with Crippen LogP contribution in [0.25, 0.3) is 0 Å². The molecule has 0 saturated heterocycles. The van der Waals surface area contributed by atoms with Crippen molar-refractivity contribution in [2.75, 3.05) is 0 Å². The molecule has 0 amide bonds. The number of aliphatic carboxylic acids is 1. The Hall–Kier alpha value is -0.900. The number of rotatable bonds is 4. The van der Waals surface area contributed by atoms with E-state index in [1.807, 2.05) is 0 Å². The maximum absolute atomic E-state index is 9.85. The van der Waals surface area contributed by atoms with Crippen LogP contribution in [0.2, 0.25) is 0 Å². The van der Waals surface area contributed by atoms with Gasteiger partial charge < -0.3 is 15.6 Å². The summed E-state index contributed by atoms with van der Waals surface area (Å²) in [6.07, 6.45) is 0.724. The number of carbonyl (C=O) groups is 2. The minimum absolute atomic E-state index is 0. The lowest BCUT2D eigenvalue weighted by atomic mass is 10.2.